The largest absolute Gasteiger partial charge is 0.372 e. The summed E-state index contributed by atoms with van der Waals surface area (Å²) in [5.41, 5.74) is 2.58. The number of halogens is 1. The van der Waals surface area contributed by atoms with E-state index in [0.717, 1.165) is 23.2 Å². The molecule has 20 heavy (non-hydrogen) atoms. The third kappa shape index (κ3) is 2.88. The molecule has 1 saturated heterocycles. The molecule has 2 aromatic rings. The zero-order valence-electron chi connectivity index (χ0n) is 11.0. The van der Waals surface area contributed by atoms with Gasteiger partial charge >= 0.3 is 0 Å². The van der Waals surface area contributed by atoms with Crippen LogP contribution < -0.4 is 10.2 Å². The van der Waals surface area contributed by atoms with Gasteiger partial charge in [0, 0.05) is 35.1 Å². The number of rotatable bonds is 3. The summed E-state index contributed by atoms with van der Waals surface area (Å²) in [6, 6.07) is 9.78. The molecule has 0 atom stereocenters. The Morgan fingerprint density at radius 3 is 2.50 bits per heavy atom. The number of amides is 1. The van der Waals surface area contributed by atoms with E-state index >= 15 is 0 Å². The number of benzene rings is 1. The standard InChI is InChI=1S/C15H16BrN3O/c16-11-9-14(17-10-11)15(20)18-12-3-5-13(6-4-12)19-7-1-2-8-19/h3-6,9-10,17H,1-2,7-8H2,(H,18,20). The molecule has 2 heterocycles. The summed E-state index contributed by atoms with van der Waals surface area (Å²) in [5.74, 6) is -0.135. The van der Waals surface area contributed by atoms with Crippen molar-refractivity contribution in [2.45, 2.75) is 12.8 Å². The Kier molecular flexibility index (Phi) is 3.78. The third-order valence-electron chi connectivity index (χ3n) is 3.49. The van der Waals surface area contributed by atoms with Crippen molar-refractivity contribution in [3.05, 3.63) is 46.7 Å². The van der Waals surface area contributed by atoms with Gasteiger partial charge in [0.15, 0.2) is 0 Å². The monoisotopic (exact) mass is 333 g/mol. The van der Waals surface area contributed by atoms with Crippen molar-refractivity contribution in [1.82, 2.24) is 4.98 Å². The highest BCUT2D eigenvalue weighted by Gasteiger charge is 2.12. The van der Waals surface area contributed by atoms with E-state index in [-0.39, 0.29) is 5.91 Å². The number of aromatic amines is 1. The molecule has 0 bridgehead atoms. The Balaban J connectivity index is 1.67. The number of aromatic nitrogens is 1. The molecule has 0 spiro atoms. The molecular weight excluding hydrogens is 318 g/mol. The van der Waals surface area contributed by atoms with Crippen LogP contribution in [0.15, 0.2) is 41.0 Å². The molecule has 2 N–H and O–H groups in total. The Morgan fingerprint density at radius 2 is 1.90 bits per heavy atom. The molecule has 4 nitrogen and oxygen atoms in total. The van der Waals surface area contributed by atoms with Crippen LogP contribution in [-0.4, -0.2) is 24.0 Å². The van der Waals surface area contributed by atoms with Crippen LogP contribution in [0.2, 0.25) is 0 Å². The number of anilines is 2. The highest BCUT2D eigenvalue weighted by molar-refractivity contribution is 9.10. The number of H-pyrrole nitrogens is 1. The van der Waals surface area contributed by atoms with Gasteiger partial charge in [-0.15, -0.1) is 0 Å². The van der Waals surface area contributed by atoms with Crippen molar-refractivity contribution in [2.75, 3.05) is 23.3 Å². The van der Waals surface area contributed by atoms with Crippen molar-refractivity contribution in [3.8, 4) is 0 Å². The van der Waals surface area contributed by atoms with Crippen LogP contribution >= 0.6 is 15.9 Å². The molecule has 0 saturated carbocycles. The first-order valence-electron chi connectivity index (χ1n) is 6.73. The minimum Gasteiger partial charge on any atom is -0.372 e. The lowest BCUT2D eigenvalue weighted by Gasteiger charge is -2.17. The smallest absolute Gasteiger partial charge is 0.272 e. The summed E-state index contributed by atoms with van der Waals surface area (Å²) in [5, 5.41) is 2.88. The SMILES string of the molecule is O=C(Nc1ccc(N2CCCC2)cc1)c1cc(Br)c[nH]1. The molecular formula is C15H16BrN3O. The van der Waals surface area contributed by atoms with E-state index in [1.165, 1.54) is 18.5 Å². The maximum absolute atomic E-state index is 12.0. The summed E-state index contributed by atoms with van der Waals surface area (Å²) in [7, 11) is 0. The van der Waals surface area contributed by atoms with Crippen LogP contribution in [0.4, 0.5) is 11.4 Å². The van der Waals surface area contributed by atoms with E-state index in [2.05, 4.69) is 43.3 Å². The summed E-state index contributed by atoms with van der Waals surface area (Å²) >= 11 is 3.32. The van der Waals surface area contributed by atoms with Crippen LogP contribution in [0, 0.1) is 0 Å². The lowest BCUT2D eigenvalue weighted by atomic mass is 10.2. The van der Waals surface area contributed by atoms with Crippen LogP contribution in [0.3, 0.4) is 0 Å². The molecule has 0 radical (unpaired) electrons. The molecule has 104 valence electrons. The summed E-state index contributed by atoms with van der Waals surface area (Å²) in [6.45, 7) is 2.25. The van der Waals surface area contributed by atoms with Crippen molar-refractivity contribution < 1.29 is 4.79 Å². The number of nitrogens with zero attached hydrogens (tertiary/aromatic N) is 1. The second-order valence-corrected chi connectivity index (χ2v) is 5.84. The third-order valence-corrected chi connectivity index (χ3v) is 3.95. The molecule has 1 aromatic carbocycles. The zero-order valence-corrected chi connectivity index (χ0v) is 12.6. The predicted molar refractivity (Wildman–Crippen MR) is 84.3 cm³/mol. The first kappa shape index (κ1) is 13.2. The number of carbonyl (C=O) groups is 1. The van der Waals surface area contributed by atoms with Crippen molar-refractivity contribution in [2.24, 2.45) is 0 Å². The van der Waals surface area contributed by atoms with E-state index in [4.69, 9.17) is 0 Å². The van der Waals surface area contributed by atoms with Crippen molar-refractivity contribution >= 4 is 33.2 Å². The highest BCUT2D eigenvalue weighted by Crippen LogP contribution is 2.22. The van der Waals surface area contributed by atoms with Gasteiger partial charge in [-0.2, -0.15) is 0 Å². The van der Waals surface area contributed by atoms with Gasteiger partial charge in [0.05, 0.1) is 0 Å². The highest BCUT2D eigenvalue weighted by atomic mass is 79.9. The fraction of sp³-hybridized carbons (Fsp3) is 0.267. The maximum Gasteiger partial charge on any atom is 0.272 e. The minimum atomic E-state index is -0.135. The average Bonchev–Trinajstić information content (AvgIpc) is 3.10. The van der Waals surface area contributed by atoms with Gasteiger partial charge in [-0.25, -0.2) is 0 Å². The van der Waals surface area contributed by atoms with Crippen LogP contribution in [0.5, 0.6) is 0 Å². The lowest BCUT2D eigenvalue weighted by Crippen LogP contribution is -2.17. The van der Waals surface area contributed by atoms with E-state index in [1.54, 1.807) is 12.3 Å². The van der Waals surface area contributed by atoms with Crippen LogP contribution in [-0.2, 0) is 0 Å². The lowest BCUT2D eigenvalue weighted by molar-refractivity contribution is 0.102. The summed E-state index contributed by atoms with van der Waals surface area (Å²) in [6.07, 6.45) is 4.27. The number of nitrogens with one attached hydrogen (secondary N) is 2. The first-order valence-corrected chi connectivity index (χ1v) is 7.52. The van der Waals surface area contributed by atoms with E-state index in [9.17, 15) is 4.79 Å². The quantitative estimate of drug-likeness (QED) is 0.900. The minimum absolute atomic E-state index is 0.135. The van der Waals surface area contributed by atoms with E-state index in [1.807, 2.05) is 12.1 Å². The Morgan fingerprint density at radius 1 is 1.20 bits per heavy atom. The van der Waals surface area contributed by atoms with Gasteiger partial charge in [0.25, 0.3) is 5.91 Å². The summed E-state index contributed by atoms with van der Waals surface area (Å²) < 4.78 is 0.868. The molecule has 1 aliphatic heterocycles. The van der Waals surface area contributed by atoms with Gasteiger partial charge in [-0.05, 0) is 59.1 Å². The van der Waals surface area contributed by atoms with Crippen LogP contribution in [0.25, 0.3) is 0 Å². The predicted octanol–water partition coefficient (Wildman–Crippen LogP) is 3.63. The normalized spacial score (nSPS) is 14.6. The van der Waals surface area contributed by atoms with Gasteiger partial charge in [0.2, 0.25) is 0 Å². The molecule has 1 aromatic heterocycles. The second-order valence-electron chi connectivity index (χ2n) is 4.93. The van der Waals surface area contributed by atoms with Crippen molar-refractivity contribution in [3.63, 3.8) is 0 Å². The molecule has 0 aliphatic carbocycles. The molecule has 1 aliphatic rings. The Bertz CT molecular complexity index is 600. The van der Waals surface area contributed by atoms with Crippen LogP contribution in [0.1, 0.15) is 23.3 Å². The molecule has 3 rings (SSSR count). The number of carbonyl (C=O) groups excluding carboxylic acids is 1. The summed E-state index contributed by atoms with van der Waals surface area (Å²) in [4.78, 5) is 17.3. The second kappa shape index (κ2) is 5.71. The maximum atomic E-state index is 12.0. The zero-order chi connectivity index (χ0) is 13.9. The molecule has 1 amide bonds. The fourth-order valence-electron chi connectivity index (χ4n) is 2.43. The molecule has 0 unspecified atom stereocenters. The van der Waals surface area contributed by atoms with Gasteiger partial charge < -0.3 is 15.2 Å². The molecule has 5 heteroatoms. The topological polar surface area (TPSA) is 48.1 Å². The number of hydrogen-bond donors (Lipinski definition) is 2. The van der Waals surface area contributed by atoms with E-state index in [0.29, 0.717) is 5.69 Å². The Labute approximate surface area is 126 Å². The van der Waals surface area contributed by atoms with Gasteiger partial charge in [-0.3, -0.25) is 4.79 Å². The molecule has 1 fully saturated rings. The van der Waals surface area contributed by atoms with Gasteiger partial charge in [0.1, 0.15) is 5.69 Å². The average molecular weight is 334 g/mol. The van der Waals surface area contributed by atoms with Gasteiger partial charge in [-0.1, -0.05) is 0 Å². The Hall–Kier alpha value is -1.75. The fourth-order valence-corrected chi connectivity index (χ4v) is 2.77. The number of hydrogen-bond acceptors (Lipinski definition) is 2. The van der Waals surface area contributed by atoms with Crippen molar-refractivity contribution in [1.29, 1.82) is 0 Å². The first-order chi connectivity index (χ1) is 9.72. The van der Waals surface area contributed by atoms with E-state index < -0.39 is 0 Å².